The molecule has 0 aromatic heterocycles. The summed E-state index contributed by atoms with van der Waals surface area (Å²) in [4.78, 5) is 25.7. The summed E-state index contributed by atoms with van der Waals surface area (Å²) in [6.07, 6.45) is -0.945. The van der Waals surface area contributed by atoms with Crippen LogP contribution in [0.5, 0.6) is 0 Å². The second kappa shape index (κ2) is 7.99. The van der Waals surface area contributed by atoms with Gasteiger partial charge in [-0.15, -0.1) is 0 Å². The van der Waals surface area contributed by atoms with Gasteiger partial charge in [0.15, 0.2) is 0 Å². The third-order valence-electron chi connectivity index (χ3n) is 6.92. The van der Waals surface area contributed by atoms with E-state index in [9.17, 15) is 28.2 Å². The fraction of sp³-hybridized carbons (Fsp3) is 0.364. The number of carboxylic acids is 1. The van der Waals surface area contributed by atoms with Gasteiger partial charge in [-0.25, -0.2) is 4.31 Å². The Hall–Kier alpha value is -2.11. The van der Waals surface area contributed by atoms with Gasteiger partial charge < -0.3 is 19.9 Å². The number of β-lactam (4-membered cyclic amide) rings is 1. The first-order valence-electron chi connectivity index (χ1n) is 10.3. The van der Waals surface area contributed by atoms with E-state index in [1.54, 1.807) is 31.2 Å². The maximum absolute atomic E-state index is 13.4. The molecule has 0 spiro atoms. The van der Waals surface area contributed by atoms with Gasteiger partial charge in [0.25, 0.3) is 0 Å². The van der Waals surface area contributed by atoms with Crippen LogP contribution in [0.2, 0.25) is 0 Å². The Morgan fingerprint density at radius 1 is 1.18 bits per heavy atom. The van der Waals surface area contributed by atoms with Crippen LogP contribution < -0.4 is 43.3 Å². The van der Waals surface area contributed by atoms with Gasteiger partial charge in [0, 0.05) is 18.4 Å². The molecule has 5 rings (SSSR count). The predicted molar refractivity (Wildman–Crippen MR) is 116 cm³/mol. The van der Waals surface area contributed by atoms with Crippen molar-refractivity contribution < 1.29 is 57.8 Å². The van der Waals surface area contributed by atoms with Crippen molar-refractivity contribution in [1.29, 1.82) is 0 Å². The summed E-state index contributed by atoms with van der Waals surface area (Å²) in [6, 6.07) is 10.2. The summed E-state index contributed by atoms with van der Waals surface area (Å²) in [5, 5.41) is 23.6. The molecule has 168 valence electrons. The van der Waals surface area contributed by atoms with E-state index in [2.05, 4.69) is 0 Å². The molecule has 4 atom stereocenters. The molecule has 3 aliphatic heterocycles. The molecular weight excluding hydrogens is 457 g/mol. The molecule has 0 saturated carbocycles. The number of hydrogen-bond donors (Lipinski definition) is 1. The standard InChI is InChI=1S/C22H23N3O6S.Na/c1-11-14(20(22(28)29)25-19(11)17(12(2)26)21(25)27)10-24-16-9-5-7-13-6-4-8-15(18(13)16)23(3)32(24,30)31;/h4-9,11-12,17,19,26H,10H2,1-3H3,(H,28,29);/q;+1/p-1. The molecule has 1 saturated heterocycles. The van der Waals surface area contributed by atoms with Crippen molar-refractivity contribution in [3.63, 3.8) is 0 Å². The normalized spacial score (nSPS) is 26.1. The van der Waals surface area contributed by atoms with E-state index in [4.69, 9.17) is 0 Å². The minimum atomic E-state index is -4.01. The van der Waals surface area contributed by atoms with E-state index in [1.807, 2.05) is 12.1 Å². The minimum absolute atomic E-state index is 0. The van der Waals surface area contributed by atoms with E-state index < -0.39 is 46.1 Å². The third kappa shape index (κ3) is 3.15. The molecule has 0 bridgehead atoms. The zero-order valence-corrected chi connectivity index (χ0v) is 21.5. The number of benzene rings is 2. The summed E-state index contributed by atoms with van der Waals surface area (Å²) in [5.74, 6) is -3.22. The van der Waals surface area contributed by atoms with Crippen molar-refractivity contribution in [3.8, 4) is 0 Å². The monoisotopic (exact) mass is 479 g/mol. The number of aliphatic hydroxyl groups excluding tert-OH is 1. The van der Waals surface area contributed by atoms with Gasteiger partial charge >= 0.3 is 39.8 Å². The van der Waals surface area contributed by atoms with Gasteiger partial charge in [-0.3, -0.25) is 9.10 Å². The summed E-state index contributed by atoms with van der Waals surface area (Å²) >= 11 is 0. The molecule has 11 heteroatoms. The molecule has 9 nitrogen and oxygen atoms in total. The summed E-state index contributed by atoms with van der Waals surface area (Å²) < 4.78 is 29.3. The van der Waals surface area contributed by atoms with Crippen LogP contribution in [0.1, 0.15) is 13.8 Å². The third-order valence-corrected chi connectivity index (χ3v) is 8.69. The molecule has 1 amide bonds. The Kier molecular flexibility index (Phi) is 5.82. The smallest absolute Gasteiger partial charge is 0.543 e. The molecule has 1 N–H and O–H groups in total. The molecule has 0 radical (unpaired) electrons. The fourth-order valence-corrected chi connectivity index (χ4v) is 6.73. The Bertz CT molecular complexity index is 1320. The molecule has 33 heavy (non-hydrogen) atoms. The topological polar surface area (TPSA) is 121 Å². The van der Waals surface area contributed by atoms with Crippen molar-refractivity contribution in [2.75, 3.05) is 22.2 Å². The van der Waals surface area contributed by atoms with E-state index in [0.717, 1.165) is 15.7 Å². The van der Waals surface area contributed by atoms with Crippen LogP contribution in [0.3, 0.4) is 0 Å². The van der Waals surface area contributed by atoms with E-state index in [-0.39, 0.29) is 41.8 Å². The number of amides is 1. The average Bonchev–Trinajstić information content (AvgIpc) is 2.97. The quantitative estimate of drug-likeness (QED) is 0.374. The molecule has 2 aromatic rings. The number of carboxylic acid groups (broad SMARTS) is 1. The maximum atomic E-state index is 13.4. The Balaban J connectivity index is 0.00000259. The number of rotatable bonds is 4. The number of aliphatic hydroxyl groups is 1. The van der Waals surface area contributed by atoms with Crippen LogP contribution in [-0.4, -0.2) is 56.0 Å². The summed E-state index contributed by atoms with van der Waals surface area (Å²) in [7, 11) is -2.56. The van der Waals surface area contributed by atoms with Gasteiger partial charge in [0.05, 0.1) is 47.6 Å². The fourth-order valence-electron chi connectivity index (χ4n) is 5.33. The van der Waals surface area contributed by atoms with Gasteiger partial charge in [-0.1, -0.05) is 31.2 Å². The van der Waals surface area contributed by atoms with E-state index in [1.165, 1.54) is 22.6 Å². The Labute approximate surface area is 213 Å². The molecular formula is C22H22N3NaO6S. The van der Waals surface area contributed by atoms with Crippen LogP contribution in [0.15, 0.2) is 47.7 Å². The zero-order chi connectivity index (χ0) is 23.1. The maximum Gasteiger partial charge on any atom is 1.00 e. The van der Waals surface area contributed by atoms with Crippen LogP contribution in [0.4, 0.5) is 11.4 Å². The SMILES string of the molecule is CC(O)C1C(=O)N2C(C(=O)[O-])=C(CN3c4cccc5cccc(c45)N(C)S3(=O)=O)C(C)C12.[Na+]. The van der Waals surface area contributed by atoms with Crippen molar-refractivity contribution >= 4 is 44.2 Å². The molecule has 1 fully saturated rings. The first kappa shape index (κ1) is 24.0. The molecule has 3 heterocycles. The number of hydrogen-bond acceptors (Lipinski definition) is 6. The second-order valence-electron chi connectivity index (χ2n) is 8.55. The van der Waals surface area contributed by atoms with Crippen LogP contribution in [0.25, 0.3) is 10.8 Å². The Morgan fingerprint density at radius 3 is 2.36 bits per heavy atom. The first-order valence-corrected chi connectivity index (χ1v) is 11.7. The number of nitrogens with zero attached hydrogens (tertiary/aromatic N) is 3. The van der Waals surface area contributed by atoms with Gasteiger partial charge in [-0.2, -0.15) is 8.42 Å². The van der Waals surface area contributed by atoms with E-state index in [0.29, 0.717) is 16.9 Å². The Morgan fingerprint density at radius 2 is 1.79 bits per heavy atom. The minimum Gasteiger partial charge on any atom is -0.543 e. The number of carbonyl (C=O) groups excluding carboxylic acids is 2. The van der Waals surface area contributed by atoms with Crippen molar-refractivity contribution in [2.45, 2.75) is 26.0 Å². The van der Waals surface area contributed by atoms with Crippen molar-refractivity contribution in [2.24, 2.45) is 11.8 Å². The molecule has 4 unspecified atom stereocenters. The summed E-state index contributed by atoms with van der Waals surface area (Å²) in [5.41, 5.74) is 0.977. The number of aliphatic carboxylic acids is 1. The van der Waals surface area contributed by atoms with Crippen molar-refractivity contribution in [3.05, 3.63) is 47.7 Å². The van der Waals surface area contributed by atoms with Gasteiger partial charge in [0.2, 0.25) is 5.91 Å². The van der Waals surface area contributed by atoms with Crippen molar-refractivity contribution in [1.82, 2.24) is 4.90 Å². The number of anilines is 2. The van der Waals surface area contributed by atoms with E-state index >= 15 is 0 Å². The number of fused-ring (bicyclic) bond motifs is 1. The molecule has 2 aromatic carbocycles. The largest absolute Gasteiger partial charge is 1.00 e. The molecule has 0 aliphatic carbocycles. The van der Waals surface area contributed by atoms with Gasteiger partial charge in [-0.05, 0) is 30.0 Å². The van der Waals surface area contributed by atoms with Crippen LogP contribution in [-0.2, 0) is 19.8 Å². The number of carbonyl (C=O) groups is 2. The van der Waals surface area contributed by atoms with Crippen LogP contribution >= 0.6 is 0 Å². The first-order chi connectivity index (χ1) is 15.1. The van der Waals surface area contributed by atoms with Crippen LogP contribution in [0, 0.1) is 11.8 Å². The molecule has 3 aliphatic rings. The van der Waals surface area contributed by atoms with Gasteiger partial charge in [0.1, 0.15) is 0 Å². The predicted octanol–water partition coefficient (Wildman–Crippen LogP) is -2.79. The second-order valence-corrected chi connectivity index (χ2v) is 10.4. The summed E-state index contributed by atoms with van der Waals surface area (Å²) in [6.45, 7) is 3.00. The average molecular weight is 479 g/mol. The zero-order valence-electron chi connectivity index (χ0n) is 18.7.